The van der Waals surface area contributed by atoms with E-state index in [1.807, 2.05) is 31.2 Å². The average molecular weight is 462 g/mol. The second-order valence-electron chi connectivity index (χ2n) is 7.21. The molecular formula is C21H20ClN3O5S. The topological polar surface area (TPSA) is 103 Å². The summed E-state index contributed by atoms with van der Waals surface area (Å²) >= 11 is 6.12. The summed E-state index contributed by atoms with van der Waals surface area (Å²) in [6, 6.07) is 11.6. The summed E-state index contributed by atoms with van der Waals surface area (Å²) in [6.07, 6.45) is 1.60. The summed E-state index contributed by atoms with van der Waals surface area (Å²) in [6.45, 7) is 2.61. The number of hydrogen-bond acceptors (Lipinski definition) is 7. The monoisotopic (exact) mass is 461 g/mol. The van der Waals surface area contributed by atoms with Gasteiger partial charge in [-0.25, -0.2) is 13.2 Å². The first kappa shape index (κ1) is 21.5. The minimum atomic E-state index is -3.77. The molecule has 3 aromatic rings. The summed E-state index contributed by atoms with van der Waals surface area (Å²) in [5.41, 5.74) is 1.96. The van der Waals surface area contributed by atoms with Gasteiger partial charge in [0.05, 0.1) is 10.6 Å². The molecule has 0 atom stereocenters. The number of benzene rings is 2. The Morgan fingerprint density at radius 1 is 1.16 bits per heavy atom. The zero-order valence-electron chi connectivity index (χ0n) is 16.7. The van der Waals surface area contributed by atoms with Crippen LogP contribution in [0.4, 0.5) is 0 Å². The van der Waals surface area contributed by atoms with Crippen molar-refractivity contribution in [2.75, 3.05) is 13.1 Å². The highest BCUT2D eigenvalue weighted by atomic mass is 35.5. The van der Waals surface area contributed by atoms with Crippen LogP contribution in [0.2, 0.25) is 5.02 Å². The Morgan fingerprint density at radius 2 is 1.87 bits per heavy atom. The molecule has 31 heavy (non-hydrogen) atoms. The Bertz CT molecular complexity index is 1200. The Hall–Kier alpha value is -2.75. The van der Waals surface area contributed by atoms with Gasteiger partial charge in [-0.3, -0.25) is 0 Å². The molecule has 0 saturated carbocycles. The van der Waals surface area contributed by atoms with E-state index >= 15 is 0 Å². The van der Waals surface area contributed by atoms with Crippen LogP contribution in [-0.2, 0) is 21.4 Å². The maximum atomic E-state index is 12.8. The zero-order valence-corrected chi connectivity index (χ0v) is 18.3. The average Bonchev–Trinajstić information content (AvgIpc) is 3.45. The first-order chi connectivity index (χ1) is 14.8. The number of halogens is 1. The van der Waals surface area contributed by atoms with Crippen molar-refractivity contribution in [3.8, 4) is 11.4 Å². The lowest BCUT2D eigenvalue weighted by atomic mass is 10.1. The van der Waals surface area contributed by atoms with E-state index < -0.39 is 16.0 Å². The molecule has 8 nitrogen and oxygen atoms in total. The fourth-order valence-corrected chi connectivity index (χ4v) is 5.26. The number of aryl methyl sites for hydroxylation is 1. The van der Waals surface area contributed by atoms with Crippen LogP contribution in [0.3, 0.4) is 0 Å². The van der Waals surface area contributed by atoms with Crippen molar-refractivity contribution in [2.45, 2.75) is 31.3 Å². The lowest BCUT2D eigenvalue weighted by Gasteiger charge is -2.17. The van der Waals surface area contributed by atoms with E-state index in [0.717, 1.165) is 24.0 Å². The molecule has 1 aliphatic heterocycles. The fraction of sp³-hybridized carbons (Fsp3) is 0.286. The van der Waals surface area contributed by atoms with Crippen molar-refractivity contribution in [1.29, 1.82) is 0 Å². The molecule has 2 heterocycles. The quantitative estimate of drug-likeness (QED) is 0.514. The molecule has 2 aromatic carbocycles. The zero-order chi connectivity index (χ0) is 22.0. The van der Waals surface area contributed by atoms with Gasteiger partial charge in [0.1, 0.15) is 4.90 Å². The van der Waals surface area contributed by atoms with Crippen LogP contribution >= 0.6 is 11.6 Å². The van der Waals surface area contributed by atoms with Gasteiger partial charge in [0.2, 0.25) is 15.8 Å². The van der Waals surface area contributed by atoms with E-state index in [1.54, 1.807) is 0 Å². The molecule has 0 radical (unpaired) electrons. The molecule has 0 aliphatic carbocycles. The summed E-state index contributed by atoms with van der Waals surface area (Å²) in [5.74, 6) is -0.205. The van der Waals surface area contributed by atoms with Crippen LogP contribution in [0, 0.1) is 6.92 Å². The first-order valence-electron chi connectivity index (χ1n) is 9.71. The molecule has 1 aromatic heterocycles. The Labute approximate surface area is 184 Å². The molecule has 1 saturated heterocycles. The Kier molecular flexibility index (Phi) is 6.08. The molecule has 1 aliphatic rings. The molecule has 0 unspecified atom stereocenters. The second-order valence-corrected chi connectivity index (χ2v) is 9.52. The minimum Gasteiger partial charge on any atom is -0.452 e. The van der Waals surface area contributed by atoms with Gasteiger partial charge >= 0.3 is 5.97 Å². The number of aromatic nitrogens is 2. The van der Waals surface area contributed by atoms with Gasteiger partial charge < -0.3 is 9.26 Å². The van der Waals surface area contributed by atoms with Crippen LogP contribution in [-0.4, -0.2) is 41.9 Å². The predicted octanol–water partition coefficient (Wildman–Crippen LogP) is 3.84. The van der Waals surface area contributed by atoms with Crippen LogP contribution in [0.1, 0.15) is 34.7 Å². The van der Waals surface area contributed by atoms with Crippen molar-refractivity contribution in [3.63, 3.8) is 0 Å². The number of esters is 1. The SMILES string of the molecule is Cc1ccc(-c2noc(COC(=O)c3ccc(Cl)c(S(=O)(=O)N4CCCC4)c3)n2)cc1. The summed E-state index contributed by atoms with van der Waals surface area (Å²) in [5, 5.41) is 3.95. The van der Waals surface area contributed by atoms with Crippen LogP contribution in [0.15, 0.2) is 51.9 Å². The molecule has 4 rings (SSSR count). The Morgan fingerprint density at radius 3 is 2.58 bits per heavy atom. The molecule has 10 heteroatoms. The standard InChI is InChI=1S/C21H20ClN3O5S/c1-14-4-6-15(7-5-14)20-23-19(30-24-20)13-29-21(26)16-8-9-17(22)18(12-16)31(27,28)25-10-2-3-11-25/h4-9,12H,2-3,10-11,13H2,1H3. The van der Waals surface area contributed by atoms with E-state index in [0.29, 0.717) is 18.9 Å². The largest absolute Gasteiger partial charge is 0.452 e. The van der Waals surface area contributed by atoms with E-state index in [-0.39, 0.29) is 28.0 Å². The number of sulfonamides is 1. The highest BCUT2D eigenvalue weighted by Crippen LogP contribution is 2.28. The van der Waals surface area contributed by atoms with Gasteiger partial charge in [0.15, 0.2) is 6.61 Å². The van der Waals surface area contributed by atoms with Crippen LogP contribution in [0.25, 0.3) is 11.4 Å². The third-order valence-electron chi connectivity index (χ3n) is 4.95. The van der Waals surface area contributed by atoms with Crippen molar-refractivity contribution < 1.29 is 22.5 Å². The maximum absolute atomic E-state index is 12.8. The van der Waals surface area contributed by atoms with Crippen molar-refractivity contribution in [3.05, 3.63) is 64.5 Å². The normalized spacial score (nSPS) is 14.6. The van der Waals surface area contributed by atoms with E-state index in [9.17, 15) is 13.2 Å². The van der Waals surface area contributed by atoms with Crippen molar-refractivity contribution >= 4 is 27.6 Å². The molecule has 0 spiro atoms. The fourth-order valence-electron chi connectivity index (χ4n) is 3.24. The van der Waals surface area contributed by atoms with Gasteiger partial charge in [0.25, 0.3) is 5.89 Å². The van der Waals surface area contributed by atoms with Gasteiger partial charge in [-0.05, 0) is 38.0 Å². The highest BCUT2D eigenvalue weighted by molar-refractivity contribution is 7.89. The van der Waals surface area contributed by atoms with Crippen LogP contribution in [0.5, 0.6) is 0 Å². The number of carbonyl (C=O) groups excluding carboxylic acids is 1. The Balaban J connectivity index is 1.46. The molecule has 0 N–H and O–H groups in total. The van der Waals surface area contributed by atoms with Gasteiger partial charge in [-0.2, -0.15) is 9.29 Å². The number of nitrogens with zero attached hydrogens (tertiary/aromatic N) is 3. The van der Waals surface area contributed by atoms with E-state index in [1.165, 1.54) is 22.5 Å². The van der Waals surface area contributed by atoms with Crippen LogP contribution < -0.4 is 0 Å². The third kappa shape index (κ3) is 4.63. The number of rotatable bonds is 6. The number of carbonyl (C=O) groups is 1. The first-order valence-corrected chi connectivity index (χ1v) is 11.5. The minimum absolute atomic E-state index is 0.0584. The molecule has 0 amide bonds. The maximum Gasteiger partial charge on any atom is 0.338 e. The van der Waals surface area contributed by atoms with Gasteiger partial charge in [-0.1, -0.05) is 46.6 Å². The highest BCUT2D eigenvalue weighted by Gasteiger charge is 2.30. The van der Waals surface area contributed by atoms with Crippen molar-refractivity contribution in [1.82, 2.24) is 14.4 Å². The summed E-state index contributed by atoms with van der Waals surface area (Å²) < 4.78 is 37.4. The summed E-state index contributed by atoms with van der Waals surface area (Å²) in [7, 11) is -3.77. The lowest BCUT2D eigenvalue weighted by Crippen LogP contribution is -2.28. The molecule has 1 fully saturated rings. The smallest absolute Gasteiger partial charge is 0.338 e. The number of ether oxygens (including phenoxy) is 1. The lowest BCUT2D eigenvalue weighted by molar-refractivity contribution is 0.0429. The molecule has 162 valence electrons. The van der Waals surface area contributed by atoms with Gasteiger partial charge in [0, 0.05) is 18.7 Å². The van der Waals surface area contributed by atoms with E-state index in [2.05, 4.69) is 10.1 Å². The molecular weight excluding hydrogens is 442 g/mol. The molecule has 0 bridgehead atoms. The second kappa shape index (κ2) is 8.78. The predicted molar refractivity (Wildman–Crippen MR) is 113 cm³/mol. The third-order valence-corrected chi connectivity index (χ3v) is 7.33. The van der Waals surface area contributed by atoms with E-state index in [4.69, 9.17) is 20.9 Å². The van der Waals surface area contributed by atoms with Crippen molar-refractivity contribution in [2.24, 2.45) is 0 Å². The summed E-state index contributed by atoms with van der Waals surface area (Å²) in [4.78, 5) is 16.6. The number of hydrogen-bond donors (Lipinski definition) is 0. The van der Waals surface area contributed by atoms with Gasteiger partial charge in [-0.15, -0.1) is 0 Å².